The van der Waals surface area contributed by atoms with Crippen molar-refractivity contribution < 1.29 is 4.74 Å². The first-order chi connectivity index (χ1) is 9.63. The van der Waals surface area contributed by atoms with Crippen molar-refractivity contribution in [1.82, 2.24) is 9.97 Å². The molecule has 0 aliphatic rings. The summed E-state index contributed by atoms with van der Waals surface area (Å²) in [7, 11) is 0. The van der Waals surface area contributed by atoms with Gasteiger partial charge < -0.3 is 10.5 Å². The summed E-state index contributed by atoms with van der Waals surface area (Å²) in [5, 5.41) is 0.847. The Morgan fingerprint density at radius 3 is 2.65 bits per heavy atom. The molecule has 100 valence electrons. The van der Waals surface area contributed by atoms with E-state index in [1.165, 1.54) is 0 Å². The van der Waals surface area contributed by atoms with Crippen LogP contribution in [-0.2, 0) is 0 Å². The molecule has 6 heteroatoms. The van der Waals surface area contributed by atoms with E-state index in [0.29, 0.717) is 17.2 Å². The van der Waals surface area contributed by atoms with E-state index in [1.807, 2.05) is 24.3 Å². The predicted molar refractivity (Wildman–Crippen MR) is 85.9 cm³/mol. The van der Waals surface area contributed by atoms with E-state index < -0.39 is 0 Å². The molecule has 0 aliphatic carbocycles. The molecule has 0 unspecified atom stereocenters. The third kappa shape index (κ3) is 2.62. The summed E-state index contributed by atoms with van der Waals surface area (Å²) >= 11 is 6.81. The number of benzene rings is 1. The maximum atomic E-state index is 5.99. The smallest absolute Gasteiger partial charge is 0.161 e. The summed E-state index contributed by atoms with van der Waals surface area (Å²) in [6.07, 6.45) is 4.92. The second-order valence-corrected chi connectivity index (χ2v) is 5.98. The molecule has 3 rings (SSSR count). The molecule has 0 spiro atoms. The second-order valence-electron chi connectivity index (χ2n) is 4.15. The quantitative estimate of drug-likeness (QED) is 0.693. The van der Waals surface area contributed by atoms with Crippen molar-refractivity contribution in [3.8, 4) is 11.5 Å². The van der Waals surface area contributed by atoms with Crippen LogP contribution in [0.5, 0.6) is 11.5 Å². The number of aromatic nitrogens is 2. The molecule has 4 nitrogen and oxygen atoms in total. The van der Waals surface area contributed by atoms with Gasteiger partial charge in [-0.3, -0.25) is 9.97 Å². The van der Waals surface area contributed by atoms with Crippen LogP contribution in [0.1, 0.15) is 0 Å². The number of halogens is 2. The summed E-state index contributed by atoms with van der Waals surface area (Å²) in [6.45, 7) is 0. The predicted octanol–water partition coefficient (Wildman–Crippen LogP) is 4.53. The Labute approximate surface area is 132 Å². The number of hydrogen-bond donors (Lipinski definition) is 1. The minimum Gasteiger partial charge on any atom is -0.453 e. The highest BCUT2D eigenvalue weighted by Crippen LogP contribution is 2.35. The van der Waals surface area contributed by atoms with Crippen LogP contribution in [0.4, 0.5) is 5.69 Å². The molecule has 2 aromatic heterocycles. The van der Waals surface area contributed by atoms with E-state index >= 15 is 0 Å². The Hall–Kier alpha value is -1.66. The van der Waals surface area contributed by atoms with Crippen molar-refractivity contribution in [2.75, 3.05) is 5.73 Å². The number of nitrogens with zero attached hydrogens (tertiary/aromatic N) is 2. The van der Waals surface area contributed by atoms with Crippen molar-refractivity contribution in [1.29, 1.82) is 0 Å². The Bertz CT molecular complexity index is 787. The summed E-state index contributed by atoms with van der Waals surface area (Å²) < 4.78 is 7.66. The number of nitrogen functional groups attached to an aromatic ring is 1. The van der Waals surface area contributed by atoms with Crippen LogP contribution in [0, 0.1) is 0 Å². The Morgan fingerprint density at radius 2 is 1.85 bits per heavy atom. The van der Waals surface area contributed by atoms with E-state index in [4.69, 9.17) is 10.5 Å². The number of ether oxygens (including phenoxy) is 1. The molecule has 20 heavy (non-hydrogen) atoms. The molecular formula is C14H9Br2N3O. The van der Waals surface area contributed by atoms with Crippen LogP contribution in [0.3, 0.4) is 0 Å². The molecule has 0 bridgehead atoms. The normalized spacial score (nSPS) is 10.7. The average Bonchev–Trinajstić information content (AvgIpc) is 2.42. The molecule has 0 amide bonds. The number of rotatable bonds is 2. The van der Waals surface area contributed by atoms with Gasteiger partial charge in [0.15, 0.2) is 5.75 Å². The lowest BCUT2D eigenvalue weighted by molar-refractivity contribution is 0.487. The summed E-state index contributed by atoms with van der Waals surface area (Å²) in [5.41, 5.74) is 7.29. The number of hydrogen-bond acceptors (Lipinski definition) is 4. The van der Waals surface area contributed by atoms with E-state index in [0.717, 1.165) is 19.8 Å². The average molecular weight is 395 g/mol. The van der Waals surface area contributed by atoms with Gasteiger partial charge in [-0.25, -0.2) is 0 Å². The second kappa shape index (κ2) is 5.38. The number of nitrogens with two attached hydrogens (primary N) is 1. The summed E-state index contributed by atoms with van der Waals surface area (Å²) in [5.74, 6) is 1.19. The molecule has 2 heterocycles. The first-order valence-electron chi connectivity index (χ1n) is 5.75. The first-order valence-corrected chi connectivity index (χ1v) is 7.34. The Kier molecular flexibility index (Phi) is 3.58. The van der Waals surface area contributed by atoms with Crippen LogP contribution in [0.2, 0.25) is 0 Å². The summed E-state index contributed by atoms with van der Waals surface area (Å²) in [6, 6.07) is 7.59. The fourth-order valence-corrected chi connectivity index (χ4v) is 2.54. The number of fused-ring (bicyclic) bond motifs is 1. The minimum atomic E-state index is 0.482. The summed E-state index contributed by atoms with van der Waals surface area (Å²) in [4.78, 5) is 8.36. The van der Waals surface area contributed by atoms with Gasteiger partial charge in [0.2, 0.25) is 0 Å². The molecule has 0 aliphatic heterocycles. The lowest BCUT2D eigenvalue weighted by Crippen LogP contribution is -1.95. The van der Waals surface area contributed by atoms with Crippen molar-refractivity contribution in [2.45, 2.75) is 0 Å². The molecule has 0 saturated heterocycles. The lowest BCUT2D eigenvalue weighted by Gasteiger charge is -2.11. The highest BCUT2D eigenvalue weighted by Gasteiger charge is 2.10. The lowest BCUT2D eigenvalue weighted by atomic mass is 10.2. The molecular weight excluding hydrogens is 386 g/mol. The van der Waals surface area contributed by atoms with Crippen LogP contribution in [0.15, 0.2) is 51.8 Å². The number of pyridine rings is 2. The van der Waals surface area contributed by atoms with Crippen LogP contribution >= 0.6 is 31.9 Å². The van der Waals surface area contributed by atoms with Gasteiger partial charge in [0.05, 0.1) is 23.6 Å². The zero-order chi connectivity index (χ0) is 14.1. The van der Waals surface area contributed by atoms with Gasteiger partial charge in [0.25, 0.3) is 0 Å². The monoisotopic (exact) mass is 393 g/mol. The zero-order valence-corrected chi connectivity index (χ0v) is 13.3. The van der Waals surface area contributed by atoms with Crippen LogP contribution < -0.4 is 10.5 Å². The topological polar surface area (TPSA) is 61.0 Å². The van der Waals surface area contributed by atoms with E-state index in [-0.39, 0.29) is 0 Å². The molecule has 0 fully saturated rings. The zero-order valence-electron chi connectivity index (χ0n) is 10.2. The van der Waals surface area contributed by atoms with E-state index in [9.17, 15) is 0 Å². The molecule has 2 N–H and O–H groups in total. The number of anilines is 1. The SMILES string of the molecule is Nc1cnc2ccc(Br)cc2c1Oc1cncc(Br)c1. The largest absolute Gasteiger partial charge is 0.453 e. The first kappa shape index (κ1) is 13.3. The molecule has 0 atom stereocenters. The van der Waals surface area contributed by atoms with Gasteiger partial charge in [-0.05, 0) is 40.2 Å². The Morgan fingerprint density at radius 1 is 1.00 bits per heavy atom. The van der Waals surface area contributed by atoms with Crippen LogP contribution in [-0.4, -0.2) is 9.97 Å². The molecule has 3 aromatic rings. The van der Waals surface area contributed by atoms with Crippen molar-refractivity contribution in [3.05, 3.63) is 51.8 Å². The van der Waals surface area contributed by atoms with Gasteiger partial charge in [0, 0.05) is 20.5 Å². The van der Waals surface area contributed by atoms with E-state index in [2.05, 4.69) is 41.8 Å². The fourth-order valence-electron chi connectivity index (χ4n) is 1.84. The van der Waals surface area contributed by atoms with Crippen molar-refractivity contribution in [3.63, 3.8) is 0 Å². The van der Waals surface area contributed by atoms with Gasteiger partial charge >= 0.3 is 0 Å². The maximum Gasteiger partial charge on any atom is 0.161 e. The van der Waals surface area contributed by atoms with Gasteiger partial charge in [0.1, 0.15) is 5.75 Å². The van der Waals surface area contributed by atoms with Gasteiger partial charge in [-0.2, -0.15) is 0 Å². The third-order valence-corrected chi connectivity index (χ3v) is 3.63. The fraction of sp³-hybridized carbons (Fsp3) is 0. The molecule has 0 saturated carbocycles. The van der Waals surface area contributed by atoms with Crippen LogP contribution in [0.25, 0.3) is 10.9 Å². The maximum absolute atomic E-state index is 5.99. The van der Waals surface area contributed by atoms with Gasteiger partial charge in [-0.1, -0.05) is 15.9 Å². The Balaban J connectivity index is 2.14. The van der Waals surface area contributed by atoms with Crippen molar-refractivity contribution in [2.24, 2.45) is 0 Å². The molecule has 0 radical (unpaired) electrons. The van der Waals surface area contributed by atoms with Gasteiger partial charge in [-0.15, -0.1) is 0 Å². The third-order valence-electron chi connectivity index (χ3n) is 2.71. The van der Waals surface area contributed by atoms with Crippen molar-refractivity contribution >= 4 is 48.5 Å². The highest BCUT2D eigenvalue weighted by atomic mass is 79.9. The highest BCUT2D eigenvalue weighted by molar-refractivity contribution is 9.10. The van der Waals surface area contributed by atoms with E-state index in [1.54, 1.807) is 18.6 Å². The standard InChI is InChI=1S/C14H9Br2N3O/c15-8-1-2-13-11(4-8)14(12(17)7-19-13)20-10-3-9(16)5-18-6-10/h1-7H,17H2. The minimum absolute atomic E-state index is 0.482. The molecule has 1 aromatic carbocycles.